The van der Waals surface area contributed by atoms with Gasteiger partial charge in [0.05, 0.1) is 6.10 Å². The van der Waals surface area contributed by atoms with E-state index in [-0.39, 0.29) is 11.9 Å². The number of aliphatic hydroxyl groups is 1. The summed E-state index contributed by atoms with van der Waals surface area (Å²) in [5.74, 6) is -0.0299. The summed E-state index contributed by atoms with van der Waals surface area (Å²) in [6.07, 6.45) is 0.208. The molecule has 0 radical (unpaired) electrons. The van der Waals surface area contributed by atoms with Gasteiger partial charge in [-0.05, 0) is 24.1 Å². The van der Waals surface area contributed by atoms with Crippen LogP contribution in [-0.2, 0) is 17.8 Å². The van der Waals surface area contributed by atoms with Crippen LogP contribution in [0.4, 0.5) is 5.69 Å². The Morgan fingerprint density at radius 3 is 2.70 bits per heavy atom. The molecule has 1 aliphatic rings. The maximum absolute atomic E-state index is 12.5. The molecule has 0 spiro atoms. The van der Waals surface area contributed by atoms with Crippen molar-refractivity contribution in [1.29, 1.82) is 0 Å². The first-order valence-electron chi connectivity index (χ1n) is 7.99. The van der Waals surface area contributed by atoms with Crippen molar-refractivity contribution < 1.29 is 9.90 Å². The molecule has 1 heterocycles. The van der Waals surface area contributed by atoms with E-state index < -0.39 is 6.10 Å². The number of hydrogen-bond donors (Lipinski definition) is 2. The number of para-hydroxylation sites is 1. The van der Waals surface area contributed by atoms with Crippen LogP contribution >= 0.6 is 0 Å². The largest absolute Gasteiger partial charge is 0.391 e. The van der Waals surface area contributed by atoms with Crippen LogP contribution in [-0.4, -0.2) is 29.7 Å². The molecule has 0 fully saturated rings. The van der Waals surface area contributed by atoms with Gasteiger partial charge in [-0.3, -0.25) is 4.79 Å². The van der Waals surface area contributed by atoms with Gasteiger partial charge in [0.25, 0.3) is 0 Å². The number of amides is 1. The van der Waals surface area contributed by atoms with Crippen molar-refractivity contribution in [3.05, 3.63) is 65.7 Å². The highest BCUT2D eigenvalue weighted by Crippen LogP contribution is 2.28. The molecule has 0 saturated carbocycles. The third-order valence-electron chi connectivity index (χ3n) is 4.32. The second-order valence-electron chi connectivity index (χ2n) is 6.02. The molecule has 4 nitrogen and oxygen atoms in total. The number of anilines is 1. The van der Waals surface area contributed by atoms with Crippen LogP contribution in [0.5, 0.6) is 0 Å². The lowest BCUT2D eigenvalue weighted by Crippen LogP contribution is -2.50. The van der Waals surface area contributed by atoms with Crippen molar-refractivity contribution in [2.45, 2.75) is 32.0 Å². The molecule has 0 bridgehead atoms. The van der Waals surface area contributed by atoms with Gasteiger partial charge in [0.15, 0.2) is 0 Å². The molecule has 1 amide bonds. The van der Waals surface area contributed by atoms with E-state index in [1.165, 1.54) is 0 Å². The molecule has 2 aromatic rings. The molecular weight excluding hydrogens is 288 g/mol. The summed E-state index contributed by atoms with van der Waals surface area (Å²) in [4.78, 5) is 14.5. The molecule has 0 aliphatic carbocycles. The first-order valence-corrected chi connectivity index (χ1v) is 7.99. The molecule has 0 saturated heterocycles. The lowest BCUT2D eigenvalue weighted by molar-refractivity contribution is -0.122. The molecule has 2 aromatic carbocycles. The Morgan fingerprint density at radius 1 is 1.22 bits per heavy atom. The average Bonchev–Trinajstić information content (AvgIpc) is 2.59. The van der Waals surface area contributed by atoms with Crippen LogP contribution in [0, 0.1) is 0 Å². The molecule has 1 aliphatic heterocycles. The molecule has 3 rings (SSSR count). The Bertz CT molecular complexity index is 672. The van der Waals surface area contributed by atoms with E-state index in [1.807, 2.05) is 66.4 Å². The third kappa shape index (κ3) is 3.54. The number of fused-ring (bicyclic) bond motifs is 1. The summed E-state index contributed by atoms with van der Waals surface area (Å²) < 4.78 is 0. The van der Waals surface area contributed by atoms with Crippen LogP contribution in [0.3, 0.4) is 0 Å². The number of rotatable bonds is 4. The first kappa shape index (κ1) is 15.6. The van der Waals surface area contributed by atoms with E-state index in [0.29, 0.717) is 19.5 Å². The van der Waals surface area contributed by atoms with E-state index in [2.05, 4.69) is 5.32 Å². The third-order valence-corrected chi connectivity index (χ3v) is 4.32. The highest BCUT2D eigenvalue weighted by molar-refractivity contribution is 5.85. The predicted octanol–water partition coefficient (Wildman–Crippen LogP) is 2.11. The van der Waals surface area contributed by atoms with Crippen molar-refractivity contribution in [3.63, 3.8) is 0 Å². The maximum atomic E-state index is 12.5. The van der Waals surface area contributed by atoms with Gasteiger partial charge in [0.2, 0.25) is 5.91 Å². The first-order chi connectivity index (χ1) is 11.1. The van der Waals surface area contributed by atoms with Gasteiger partial charge >= 0.3 is 0 Å². The number of hydrogen-bond acceptors (Lipinski definition) is 3. The highest BCUT2D eigenvalue weighted by atomic mass is 16.3. The lowest BCUT2D eigenvalue weighted by Gasteiger charge is -2.37. The van der Waals surface area contributed by atoms with Gasteiger partial charge in [0, 0.05) is 25.2 Å². The van der Waals surface area contributed by atoms with Gasteiger partial charge in [-0.1, -0.05) is 48.5 Å². The second-order valence-corrected chi connectivity index (χ2v) is 6.02. The van der Waals surface area contributed by atoms with Gasteiger partial charge in [-0.2, -0.15) is 0 Å². The monoisotopic (exact) mass is 310 g/mol. The van der Waals surface area contributed by atoms with Crippen LogP contribution in [0.25, 0.3) is 0 Å². The standard InChI is InChI=1S/C19H22N2O2/c1-14(19(23)20-12-15-7-3-2-4-8-15)21-13-17(22)11-16-9-5-6-10-18(16)21/h2-10,14,17,22H,11-13H2,1H3,(H,20,23)/t14-,17-/m0/s1. The minimum Gasteiger partial charge on any atom is -0.391 e. The second kappa shape index (κ2) is 6.84. The number of benzene rings is 2. The summed E-state index contributed by atoms with van der Waals surface area (Å²) in [6.45, 7) is 2.88. The number of β-amino-alcohol motifs (C(OH)–C–C–N with tert-alkyl or cyclic N) is 1. The number of nitrogens with zero attached hydrogens (tertiary/aromatic N) is 1. The van der Waals surface area contributed by atoms with Crippen LogP contribution in [0.2, 0.25) is 0 Å². The zero-order valence-corrected chi connectivity index (χ0v) is 13.3. The molecule has 2 atom stereocenters. The maximum Gasteiger partial charge on any atom is 0.242 e. The van der Waals surface area contributed by atoms with Gasteiger partial charge in [-0.15, -0.1) is 0 Å². The summed E-state index contributed by atoms with van der Waals surface area (Å²) in [6, 6.07) is 17.5. The Hall–Kier alpha value is -2.33. The fourth-order valence-corrected chi connectivity index (χ4v) is 3.05. The van der Waals surface area contributed by atoms with Crippen molar-refractivity contribution in [1.82, 2.24) is 5.32 Å². The fraction of sp³-hybridized carbons (Fsp3) is 0.316. The Balaban J connectivity index is 1.70. The number of carbonyl (C=O) groups is 1. The summed E-state index contributed by atoms with van der Waals surface area (Å²) in [5, 5.41) is 13.1. The van der Waals surface area contributed by atoms with Crippen LogP contribution < -0.4 is 10.2 Å². The summed E-state index contributed by atoms with van der Waals surface area (Å²) >= 11 is 0. The zero-order chi connectivity index (χ0) is 16.2. The van der Waals surface area contributed by atoms with Crippen molar-refractivity contribution in [3.8, 4) is 0 Å². The highest BCUT2D eigenvalue weighted by Gasteiger charge is 2.29. The zero-order valence-electron chi connectivity index (χ0n) is 13.3. The molecule has 4 heteroatoms. The molecule has 0 unspecified atom stereocenters. The van der Waals surface area contributed by atoms with E-state index in [9.17, 15) is 9.90 Å². The number of aliphatic hydroxyl groups excluding tert-OH is 1. The Morgan fingerprint density at radius 2 is 1.91 bits per heavy atom. The van der Waals surface area contributed by atoms with Crippen LogP contribution in [0.1, 0.15) is 18.1 Å². The van der Waals surface area contributed by atoms with Crippen molar-refractivity contribution in [2.24, 2.45) is 0 Å². The Kier molecular flexibility index (Phi) is 4.63. The molecule has 120 valence electrons. The minimum absolute atomic E-state index is 0.0299. The van der Waals surface area contributed by atoms with Gasteiger partial charge in [0.1, 0.15) is 6.04 Å². The molecule has 2 N–H and O–H groups in total. The van der Waals surface area contributed by atoms with Gasteiger partial charge in [-0.25, -0.2) is 0 Å². The van der Waals surface area contributed by atoms with Crippen molar-refractivity contribution in [2.75, 3.05) is 11.4 Å². The Labute approximate surface area is 136 Å². The summed E-state index contributed by atoms with van der Waals surface area (Å²) in [7, 11) is 0. The SMILES string of the molecule is C[C@@H](C(=O)NCc1ccccc1)N1C[C@@H](O)Cc2ccccc21. The smallest absolute Gasteiger partial charge is 0.242 e. The fourth-order valence-electron chi connectivity index (χ4n) is 3.05. The van der Waals surface area contributed by atoms with E-state index in [1.54, 1.807) is 0 Å². The predicted molar refractivity (Wildman–Crippen MR) is 91.2 cm³/mol. The van der Waals surface area contributed by atoms with Gasteiger partial charge < -0.3 is 15.3 Å². The van der Waals surface area contributed by atoms with E-state index in [0.717, 1.165) is 16.8 Å². The molecule has 23 heavy (non-hydrogen) atoms. The average molecular weight is 310 g/mol. The van der Waals surface area contributed by atoms with E-state index >= 15 is 0 Å². The van der Waals surface area contributed by atoms with Crippen molar-refractivity contribution >= 4 is 11.6 Å². The topological polar surface area (TPSA) is 52.6 Å². The van der Waals surface area contributed by atoms with Crippen LogP contribution in [0.15, 0.2) is 54.6 Å². The molecular formula is C19H22N2O2. The lowest BCUT2D eigenvalue weighted by atomic mass is 9.98. The quantitative estimate of drug-likeness (QED) is 0.909. The number of carbonyl (C=O) groups excluding carboxylic acids is 1. The summed E-state index contributed by atoms with van der Waals surface area (Å²) in [5.41, 5.74) is 3.21. The normalized spacial score (nSPS) is 18.2. The number of nitrogens with one attached hydrogen (secondary N) is 1. The molecule has 0 aromatic heterocycles. The minimum atomic E-state index is -0.436. The van der Waals surface area contributed by atoms with E-state index in [4.69, 9.17) is 0 Å².